The van der Waals surface area contributed by atoms with E-state index >= 15 is 0 Å². The van der Waals surface area contributed by atoms with Crippen molar-refractivity contribution in [3.8, 4) is 5.75 Å². The molecule has 0 radical (unpaired) electrons. The number of benzene rings is 2. The molecular formula is C27H31N7O4S. The van der Waals surface area contributed by atoms with Gasteiger partial charge in [0, 0.05) is 17.5 Å². The monoisotopic (exact) mass is 549 g/mol. The quantitative estimate of drug-likeness (QED) is 0.167. The summed E-state index contributed by atoms with van der Waals surface area (Å²) in [6.07, 6.45) is 1.90. The lowest BCUT2D eigenvalue weighted by Gasteiger charge is -2.21. The van der Waals surface area contributed by atoms with Crippen LogP contribution >= 0.6 is 11.3 Å². The zero-order valence-corrected chi connectivity index (χ0v) is 22.5. The maximum absolute atomic E-state index is 13.6. The van der Waals surface area contributed by atoms with Crippen molar-refractivity contribution in [2.24, 2.45) is 11.5 Å². The van der Waals surface area contributed by atoms with Crippen LogP contribution in [0, 0.1) is 6.92 Å². The van der Waals surface area contributed by atoms with Crippen LogP contribution in [0.2, 0.25) is 0 Å². The van der Waals surface area contributed by atoms with Crippen LogP contribution in [0.1, 0.15) is 41.4 Å². The summed E-state index contributed by atoms with van der Waals surface area (Å²) in [6.45, 7) is 4.43. The first-order chi connectivity index (χ1) is 18.7. The molecule has 204 valence electrons. The Labute approximate surface area is 229 Å². The number of hydrogen-bond acceptors (Lipinski definition) is 9. The van der Waals surface area contributed by atoms with Gasteiger partial charge in [-0.1, -0.05) is 25.5 Å². The molecule has 0 aliphatic heterocycles. The van der Waals surface area contributed by atoms with E-state index in [-0.39, 0.29) is 18.1 Å². The summed E-state index contributed by atoms with van der Waals surface area (Å²) in [6, 6.07) is 8.94. The summed E-state index contributed by atoms with van der Waals surface area (Å²) in [5, 5.41) is 17.5. The van der Waals surface area contributed by atoms with Gasteiger partial charge in [-0.05, 0) is 55.7 Å². The van der Waals surface area contributed by atoms with E-state index in [0.717, 1.165) is 29.6 Å². The molecule has 0 saturated heterocycles. The third-order valence-electron chi connectivity index (χ3n) is 6.19. The molecule has 12 heteroatoms. The van der Waals surface area contributed by atoms with Gasteiger partial charge in [0.1, 0.15) is 5.75 Å². The summed E-state index contributed by atoms with van der Waals surface area (Å²) >= 11 is 1.27. The lowest BCUT2D eigenvalue weighted by Crippen LogP contribution is -2.50. The number of ketones is 1. The predicted molar refractivity (Wildman–Crippen MR) is 151 cm³/mol. The number of unbranched alkanes of at least 4 members (excludes halogenated alkanes) is 1. The molecule has 39 heavy (non-hydrogen) atoms. The highest BCUT2D eigenvalue weighted by Crippen LogP contribution is 2.23. The van der Waals surface area contributed by atoms with Gasteiger partial charge in [0.2, 0.25) is 11.9 Å². The number of aromatic nitrogens is 3. The Kier molecular flexibility index (Phi) is 8.57. The van der Waals surface area contributed by atoms with Crippen molar-refractivity contribution in [3.05, 3.63) is 64.7 Å². The molecule has 2 amide bonds. The number of primary amides is 1. The smallest absolute Gasteiger partial charge is 0.257 e. The number of phenols is 1. The fourth-order valence-corrected chi connectivity index (χ4v) is 4.83. The number of hydrogen-bond donors (Lipinski definition) is 5. The topological polar surface area (TPSA) is 178 Å². The number of Topliss-reactive ketones (excluding diaryl/α,β-unsaturated/α-hetero) is 1. The minimum Gasteiger partial charge on any atom is -0.508 e. The van der Waals surface area contributed by atoms with E-state index in [0.29, 0.717) is 22.8 Å². The Hall–Kier alpha value is -4.29. The number of rotatable bonds is 12. The standard InChI is InChI=1S/C27H31N7O4S/c1-3-4-11-34-21-10-7-17(24(29)37)13-20(21)31-26(34)33-25(38)22(32-27-30-15(2)14-39-27)23(36)19(28)12-16-5-8-18(35)9-6-16/h5-10,13-14,19,22,35H,3-4,11-12,28H2,1-2H3,(H2,29,37)(H,30,32)(H,31,33,38)/t19-,22-/m0/s1. The van der Waals surface area contributed by atoms with Crippen LogP contribution in [0.15, 0.2) is 47.8 Å². The lowest BCUT2D eigenvalue weighted by atomic mass is 9.98. The van der Waals surface area contributed by atoms with Crippen molar-refractivity contribution in [3.63, 3.8) is 0 Å². The molecule has 7 N–H and O–H groups in total. The molecule has 2 aromatic carbocycles. The second-order valence-corrected chi connectivity index (χ2v) is 10.1. The molecule has 0 unspecified atom stereocenters. The number of nitrogens with one attached hydrogen (secondary N) is 2. The minimum atomic E-state index is -1.34. The first-order valence-electron chi connectivity index (χ1n) is 12.5. The molecule has 2 atom stereocenters. The van der Waals surface area contributed by atoms with Gasteiger partial charge in [0.05, 0.1) is 22.8 Å². The Morgan fingerprint density at radius 2 is 1.87 bits per heavy atom. The van der Waals surface area contributed by atoms with Crippen molar-refractivity contribution >= 4 is 51.0 Å². The van der Waals surface area contributed by atoms with Crippen molar-refractivity contribution in [1.29, 1.82) is 0 Å². The molecule has 0 saturated carbocycles. The summed E-state index contributed by atoms with van der Waals surface area (Å²) in [5.41, 5.74) is 14.7. The first kappa shape index (κ1) is 27.7. The molecule has 4 aromatic rings. The molecule has 0 aliphatic rings. The summed E-state index contributed by atoms with van der Waals surface area (Å²) in [7, 11) is 0. The fraction of sp³-hybridized carbons (Fsp3) is 0.296. The zero-order chi connectivity index (χ0) is 28.1. The maximum atomic E-state index is 13.6. The van der Waals surface area contributed by atoms with Gasteiger partial charge < -0.3 is 26.5 Å². The van der Waals surface area contributed by atoms with Gasteiger partial charge >= 0.3 is 0 Å². The largest absolute Gasteiger partial charge is 0.508 e. The van der Waals surface area contributed by atoms with Crippen LogP contribution in [0.25, 0.3) is 11.0 Å². The van der Waals surface area contributed by atoms with E-state index in [2.05, 4.69) is 20.6 Å². The zero-order valence-electron chi connectivity index (χ0n) is 21.7. The summed E-state index contributed by atoms with van der Waals surface area (Å²) < 4.78 is 1.84. The van der Waals surface area contributed by atoms with Crippen molar-refractivity contribution in [1.82, 2.24) is 14.5 Å². The SMILES string of the molecule is CCCCn1c(NC(=O)[C@@H](Nc2nc(C)cs2)C(=O)[C@@H](N)Cc2ccc(O)cc2)nc2cc(C(N)=O)ccc21. The Balaban J connectivity index is 1.64. The number of aryl methyl sites for hydroxylation is 2. The Morgan fingerprint density at radius 1 is 1.13 bits per heavy atom. The molecule has 2 aromatic heterocycles. The highest BCUT2D eigenvalue weighted by Gasteiger charge is 2.32. The van der Waals surface area contributed by atoms with E-state index in [1.54, 1.807) is 35.7 Å². The number of carbonyl (C=O) groups excluding carboxylic acids is 3. The van der Waals surface area contributed by atoms with Gasteiger partial charge in [0.25, 0.3) is 5.91 Å². The molecule has 4 rings (SSSR count). The molecule has 0 aliphatic carbocycles. The Bertz CT molecular complexity index is 1500. The number of phenolic OH excluding ortho intramolecular Hbond substituents is 1. The number of nitrogens with zero attached hydrogens (tertiary/aromatic N) is 3. The number of amides is 2. The fourth-order valence-electron chi connectivity index (χ4n) is 4.11. The normalized spacial score (nSPS) is 12.7. The van der Waals surface area contributed by atoms with E-state index in [1.807, 2.05) is 18.4 Å². The average molecular weight is 550 g/mol. The average Bonchev–Trinajstić information content (AvgIpc) is 3.48. The minimum absolute atomic E-state index is 0.102. The van der Waals surface area contributed by atoms with Gasteiger partial charge in [-0.2, -0.15) is 0 Å². The van der Waals surface area contributed by atoms with Gasteiger partial charge in [0.15, 0.2) is 17.0 Å². The third kappa shape index (κ3) is 6.59. The van der Waals surface area contributed by atoms with E-state index in [1.165, 1.54) is 23.5 Å². The highest BCUT2D eigenvalue weighted by atomic mass is 32.1. The third-order valence-corrected chi connectivity index (χ3v) is 7.09. The van der Waals surface area contributed by atoms with Gasteiger partial charge in [-0.15, -0.1) is 11.3 Å². The van der Waals surface area contributed by atoms with Gasteiger partial charge in [-0.3, -0.25) is 19.7 Å². The highest BCUT2D eigenvalue weighted by molar-refractivity contribution is 7.13. The van der Waals surface area contributed by atoms with Gasteiger partial charge in [-0.25, -0.2) is 9.97 Å². The van der Waals surface area contributed by atoms with E-state index < -0.39 is 29.7 Å². The number of aromatic hydroxyl groups is 1. The summed E-state index contributed by atoms with van der Waals surface area (Å²) in [5.74, 6) is -1.41. The maximum Gasteiger partial charge on any atom is 0.257 e. The van der Waals surface area contributed by atoms with Crippen molar-refractivity contribution < 1.29 is 19.5 Å². The number of thiazole rings is 1. The number of anilines is 2. The molecule has 0 fully saturated rings. The molecule has 11 nitrogen and oxygen atoms in total. The molecule has 2 heterocycles. The lowest BCUT2D eigenvalue weighted by molar-refractivity contribution is -0.127. The molecule has 0 bridgehead atoms. The number of imidazole rings is 1. The Morgan fingerprint density at radius 3 is 2.51 bits per heavy atom. The van der Waals surface area contributed by atoms with E-state index in [9.17, 15) is 19.5 Å². The number of nitrogens with two attached hydrogens (primary N) is 2. The molecular weight excluding hydrogens is 518 g/mol. The van der Waals surface area contributed by atoms with Crippen LogP contribution in [-0.4, -0.2) is 49.3 Å². The van der Waals surface area contributed by atoms with E-state index in [4.69, 9.17) is 11.5 Å². The van der Waals surface area contributed by atoms with Crippen LogP contribution in [0.4, 0.5) is 11.1 Å². The van der Waals surface area contributed by atoms with Crippen molar-refractivity contribution in [2.75, 3.05) is 10.6 Å². The van der Waals surface area contributed by atoms with Crippen molar-refractivity contribution in [2.45, 2.75) is 51.7 Å². The first-order valence-corrected chi connectivity index (χ1v) is 13.4. The van der Waals surface area contributed by atoms with Crippen LogP contribution in [-0.2, 0) is 22.6 Å². The van der Waals surface area contributed by atoms with Crippen LogP contribution in [0.5, 0.6) is 5.75 Å². The molecule has 0 spiro atoms. The van der Waals surface area contributed by atoms with Crippen LogP contribution < -0.4 is 22.1 Å². The summed E-state index contributed by atoms with van der Waals surface area (Å²) in [4.78, 5) is 47.7. The second kappa shape index (κ2) is 12.0. The number of fused-ring (bicyclic) bond motifs is 1. The predicted octanol–water partition coefficient (Wildman–Crippen LogP) is 2.96. The van der Waals surface area contributed by atoms with Crippen LogP contribution in [0.3, 0.4) is 0 Å². The number of carbonyl (C=O) groups is 3. The second-order valence-electron chi connectivity index (χ2n) is 9.25.